The van der Waals surface area contributed by atoms with Crippen LogP contribution in [-0.4, -0.2) is 44.1 Å². The van der Waals surface area contributed by atoms with Gasteiger partial charge in [-0.25, -0.2) is 12.7 Å². The molecule has 1 aromatic carbocycles. The first-order chi connectivity index (χ1) is 13.0. The van der Waals surface area contributed by atoms with Gasteiger partial charge < -0.3 is 4.74 Å². The lowest BCUT2D eigenvalue weighted by Gasteiger charge is -2.39. The molecule has 0 aliphatic carbocycles. The normalized spacial score (nSPS) is 17.9. The van der Waals surface area contributed by atoms with Gasteiger partial charge in [-0.15, -0.1) is 6.58 Å². The van der Waals surface area contributed by atoms with E-state index in [1.165, 1.54) is 22.5 Å². The van der Waals surface area contributed by atoms with Crippen molar-refractivity contribution in [3.63, 3.8) is 0 Å². The molecular formula is C19H24F3NO4S. The first kappa shape index (κ1) is 22.4. The molecule has 156 valence electrons. The lowest BCUT2D eigenvalue weighted by Crippen LogP contribution is -2.48. The van der Waals surface area contributed by atoms with Crippen LogP contribution in [0.4, 0.5) is 13.2 Å². The summed E-state index contributed by atoms with van der Waals surface area (Å²) < 4.78 is 69.9. The van der Waals surface area contributed by atoms with Crippen molar-refractivity contribution in [2.75, 3.05) is 25.4 Å². The summed E-state index contributed by atoms with van der Waals surface area (Å²) in [6.07, 6.45) is -2.76. The summed E-state index contributed by atoms with van der Waals surface area (Å²) in [7, 11) is -3.51. The van der Waals surface area contributed by atoms with Crippen LogP contribution in [0.3, 0.4) is 0 Å². The Morgan fingerprint density at radius 3 is 2.50 bits per heavy atom. The van der Waals surface area contributed by atoms with Crippen LogP contribution in [0.1, 0.15) is 30.9 Å². The van der Waals surface area contributed by atoms with E-state index in [0.717, 1.165) is 12.1 Å². The number of nitrogens with zero attached hydrogens (tertiary/aromatic N) is 1. The van der Waals surface area contributed by atoms with Crippen molar-refractivity contribution in [3.05, 3.63) is 48.0 Å². The number of carbonyl (C=O) groups excluding carboxylic acids is 1. The third-order valence-corrected chi connectivity index (χ3v) is 6.72. The Kier molecular flexibility index (Phi) is 6.93. The Morgan fingerprint density at radius 2 is 1.96 bits per heavy atom. The smallest absolute Gasteiger partial charge is 0.416 e. The number of carbonyl (C=O) groups is 1. The van der Waals surface area contributed by atoms with E-state index in [0.29, 0.717) is 5.56 Å². The van der Waals surface area contributed by atoms with Crippen LogP contribution >= 0.6 is 0 Å². The summed E-state index contributed by atoms with van der Waals surface area (Å²) in [5, 5.41) is 0. The van der Waals surface area contributed by atoms with Crippen molar-refractivity contribution in [1.29, 1.82) is 0 Å². The zero-order valence-corrected chi connectivity index (χ0v) is 16.5. The third kappa shape index (κ3) is 5.14. The van der Waals surface area contributed by atoms with E-state index >= 15 is 0 Å². The van der Waals surface area contributed by atoms with Crippen LogP contribution in [0, 0.1) is 5.41 Å². The fraction of sp³-hybridized carbons (Fsp3) is 0.526. The molecule has 0 saturated carbocycles. The van der Waals surface area contributed by atoms with Crippen LogP contribution < -0.4 is 0 Å². The van der Waals surface area contributed by atoms with Crippen LogP contribution in [0.25, 0.3) is 0 Å². The Bertz CT molecular complexity index is 813. The highest BCUT2D eigenvalue weighted by molar-refractivity contribution is 7.89. The number of halogens is 3. The summed E-state index contributed by atoms with van der Waals surface area (Å²) in [5.41, 5.74) is -1.47. The predicted molar refractivity (Wildman–Crippen MR) is 99.0 cm³/mol. The van der Waals surface area contributed by atoms with E-state index in [1.807, 2.05) is 0 Å². The summed E-state index contributed by atoms with van der Waals surface area (Å²) in [6.45, 7) is 5.44. The van der Waals surface area contributed by atoms with Crippen LogP contribution in [0.2, 0.25) is 0 Å². The highest BCUT2D eigenvalue weighted by atomic mass is 32.2. The number of ether oxygens (including phenoxy) is 1. The average Bonchev–Trinajstić information content (AvgIpc) is 2.62. The SMILES string of the molecule is C=CCS(=O)(=O)N1CCC(Cc2cccc(C(F)(F)F)c2)(C(=O)OCC)CC1. The molecule has 1 aromatic rings. The number of sulfonamides is 1. The van der Waals surface area contributed by atoms with Crippen molar-refractivity contribution in [2.24, 2.45) is 5.41 Å². The lowest BCUT2D eigenvalue weighted by molar-refractivity contribution is -0.158. The number of hydrogen-bond donors (Lipinski definition) is 0. The van der Waals surface area contributed by atoms with E-state index in [9.17, 15) is 26.4 Å². The summed E-state index contributed by atoms with van der Waals surface area (Å²) >= 11 is 0. The molecule has 9 heteroatoms. The maximum absolute atomic E-state index is 13.0. The Labute approximate surface area is 163 Å². The second-order valence-corrected chi connectivity index (χ2v) is 8.86. The average molecular weight is 419 g/mol. The number of esters is 1. The van der Waals surface area contributed by atoms with Crippen LogP contribution in [-0.2, 0) is 32.2 Å². The second kappa shape index (κ2) is 8.65. The first-order valence-corrected chi connectivity index (χ1v) is 10.6. The topological polar surface area (TPSA) is 63.7 Å². The van der Waals surface area contributed by atoms with E-state index in [-0.39, 0.29) is 44.7 Å². The quantitative estimate of drug-likeness (QED) is 0.502. The summed E-state index contributed by atoms with van der Waals surface area (Å²) in [6, 6.07) is 4.85. The molecule has 5 nitrogen and oxygen atoms in total. The number of hydrogen-bond acceptors (Lipinski definition) is 4. The minimum atomic E-state index is -4.48. The molecule has 1 saturated heterocycles. The minimum Gasteiger partial charge on any atom is -0.466 e. The van der Waals surface area contributed by atoms with E-state index in [4.69, 9.17) is 4.74 Å². The molecule has 1 fully saturated rings. The van der Waals surface area contributed by atoms with Crippen LogP contribution in [0.15, 0.2) is 36.9 Å². The van der Waals surface area contributed by atoms with E-state index in [1.54, 1.807) is 6.92 Å². The Balaban J connectivity index is 2.27. The fourth-order valence-corrected chi connectivity index (χ4v) is 4.68. The highest BCUT2D eigenvalue weighted by Gasteiger charge is 2.45. The lowest BCUT2D eigenvalue weighted by atomic mass is 9.74. The van der Waals surface area contributed by atoms with Crippen molar-refractivity contribution in [2.45, 2.75) is 32.4 Å². The molecule has 1 aliphatic rings. The van der Waals surface area contributed by atoms with Gasteiger partial charge in [-0.05, 0) is 37.8 Å². The molecular weight excluding hydrogens is 395 g/mol. The highest BCUT2D eigenvalue weighted by Crippen LogP contribution is 2.38. The van der Waals surface area contributed by atoms with Crippen LogP contribution in [0.5, 0.6) is 0 Å². The number of rotatable bonds is 7. The van der Waals surface area contributed by atoms with Crippen molar-refractivity contribution >= 4 is 16.0 Å². The zero-order chi connectivity index (χ0) is 21.0. The van der Waals surface area contributed by atoms with Gasteiger partial charge in [-0.3, -0.25) is 4.79 Å². The molecule has 1 aliphatic heterocycles. The van der Waals surface area contributed by atoms with Crippen molar-refractivity contribution in [3.8, 4) is 0 Å². The Morgan fingerprint density at radius 1 is 1.32 bits per heavy atom. The third-order valence-electron chi connectivity index (χ3n) is 4.91. The summed E-state index contributed by atoms with van der Waals surface area (Å²) in [5.74, 6) is -0.708. The molecule has 2 rings (SSSR count). The number of alkyl halides is 3. The molecule has 0 unspecified atom stereocenters. The molecule has 28 heavy (non-hydrogen) atoms. The van der Waals surface area contributed by atoms with Gasteiger partial charge >= 0.3 is 12.1 Å². The zero-order valence-electron chi connectivity index (χ0n) is 15.7. The molecule has 0 N–H and O–H groups in total. The monoisotopic (exact) mass is 419 g/mol. The summed E-state index contributed by atoms with van der Waals surface area (Å²) in [4.78, 5) is 12.7. The molecule has 0 amide bonds. The van der Waals surface area contributed by atoms with E-state index < -0.39 is 33.1 Å². The molecule has 1 heterocycles. The largest absolute Gasteiger partial charge is 0.466 e. The predicted octanol–water partition coefficient (Wildman–Crippen LogP) is 3.41. The number of benzene rings is 1. The number of piperidine rings is 1. The maximum atomic E-state index is 13.0. The van der Waals surface area contributed by atoms with Crippen molar-refractivity contribution in [1.82, 2.24) is 4.31 Å². The van der Waals surface area contributed by atoms with Gasteiger partial charge in [0.1, 0.15) is 0 Å². The van der Waals surface area contributed by atoms with Gasteiger partial charge in [0.05, 0.1) is 23.3 Å². The van der Waals surface area contributed by atoms with E-state index in [2.05, 4.69) is 6.58 Å². The van der Waals surface area contributed by atoms with Crippen molar-refractivity contribution < 1.29 is 31.1 Å². The molecule has 0 atom stereocenters. The van der Waals surface area contributed by atoms with Gasteiger partial charge in [0.15, 0.2) is 0 Å². The standard InChI is InChI=1S/C19H24F3NO4S/c1-3-12-28(25,26)23-10-8-18(9-11-23,17(24)27-4-2)14-15-6-5-7-16(13-15)19(20,21)22/h3,5-7,13H,1,4,8-12,14H2,2H3. The van der Waals surface area contributed by atoms with Gasteiger partial charge in [0.25, 0.3) is 0 Å². The maximum Gasteiger partial charge on any atom is 0.416 e. The first-order valence-electron chi connectivity index (χ1n) is 8.96. The Hall–Kier alpha value is -1.87. The molecule has 0 spiro atoms. The second-order valence-electron chi connectivity index (χ2n) is 6.84. The van der Waals surface area contributed by atoms with Gasteiger partial charge in [-0.1, -0.05) is 24.3 Å². The molecule has 0 radical (unpaired) electrons. The fourth-order valence-electron chi connectivity index (χ4n) is 3.43. The van der Waals surface area contributed by atoms with Gasteiger partial charge in [-0.2, -0.15) is 13.2 Å². The molecule has 0 bridgehead atoms. The van der Waals surface area contributed by atoms with Gasteiger partial charge in [0.2, 0.25) is 10.0 Å². The molecule has 0 aromatic heterocycles. The van der Waals surface area contributed by atoms with Gasteiger partial charge in [0, 0.05) is 13.1 Å². The minimum absolute atomic E-state index is 0.0606.